The van der Waals surface area contributed by atoms with Crippen LogP contribution in [0, 0.1) is 24.0 Å². The van der Waals surface area contributed by atoms with Crippen LogP contribution in [0.3, 0.4) is 0 Å². The number of rotatable bonds is 5. The molecule has 0 unspecified atom stereocenters. The molecule has 12 heteroatoms. The molecule has 166 valence electrons. The second kappa shape index (κ2) is 7.74. The van der Waals surface area contributed by atoms with Crippen molar-refractivity contribution in [3.05, 3.63) is 68.5 Å². The topological polar surface area (TPSA) is 130 Å². The molecule has 11 nitrogen and oxygen atoms in total. The van der Waals surface area contributed by atoms with Crippen molar-refractivity contribution < 1.29 is 14.5 Å². The molecule has 0 atom stereocenters. The minimum Gasteiger partial charge on any atom is -0.465 e. The molecule has 1 aromatic carbocycles. The van der Waals surface area contributed by atoms with Gasteiger partial charge in [-0.05, 0) is 29.9 Å². The first-order chi connectivity index (χ1) is 15.9. The number of aryl methyl sites for hydroxylation is 2. The van der Waals surface area contributed by atoms with Crippen molar-refractivity contribution >= 4 is 39.0 Å². The molecule has 5 rings (SSSR count). The highest BCUT2D eigenvalue weighted by atomic mass is 32.1. The molecule has 0 aliphatic heterocycles. The SMILES string of the molecule is COC(=O)c1sc2ncn3nc(-c4ccc(Cn5nc([N+](=O)[O-])cc5C)cc4)nc3c2c1C. The third kappa shape index (κ3) is 3.49. The van der Waals surface area contributed by atoms with Crippen molar-refractivity contribution in [3.8, 4) is 11.4 Å². The number of carbonyl (C=O) groups excluding carboxylic acids is 1. The fourth-order valence-electron chi connectivity index (χ4n) is 3.62. The van der Waals surface area contributed by atoms with Crippen LogP contribution in [-0.2, 0) is 11.3 Å². The quantitative estimate of drug-likeness (QED) is 0.220. The Kier molecular flexibility index (Phi) is 4.86. The molecule has 5 aromatic rings. The number of carbonyl (C=O) groups is 1. The van der Waals surface area contributed by atoms with E-state index in [2.05, 4.69) is 15.2 Å². The van der Waals surface area contributed by atoms with Crippen molar-refractivity contribution in [3.63, 3.8) is 0 Å². The van der Waals surface area contributed by atoms with Crippen molar-refractivity contribution in [1.29, 1.82) is 0 Å². The average molecular weight is 463 g/mol. The normalized spacial score (nSPS) is 11.4. The zero-order valence-electron chi connectivity index (χ0n) is 17.8. The Hall–Kier alpha value is -4.19. The summed E-state index contributed by atoms with van der Waals surface area (Å²) >= 11 is 1.27. The lowest BCUT2D eigenvalue weighted by atomic mass is 10.1. The highest BCUT2D eigenvalue weighted by molar-refractivity contribution is 7.20. The van der Waals surface area contributed by atoms with Gasteiger partial charge in [0.25, 0.3) is 0 Å². The van der Waals surface area contributed by atoms with E-state index in [1.54, 1.807) is 22.4 Å². The Bertz CT molecular complexity index is 1550. The van der Waals surface area contributed by atoms with Crippen LogP contribution >= 0.6 is 11.3 Å². The Labute approximate surface area is 190 Å². The molecule has 4 heterocycles. The maximum absolute atomic E-state index is 12.1. The fourth-order valence-corrected chi connectivity index (χ4v) is 4.68. The van der Waals surface area contributed by atoms with E-state index in [-0.39, 0.29) is 5.82 Å². The summed E-state index contributed by atoms with van der Waals surface area (Å²) < 4.78 is 8.06. The van der Waals surface area contributed by atoms with Crippen LogP contribution in [0.2, 0.25) is 0 Å². The highest BCUT2D eigenvalue weighted by Crippen LogP contribution is 2.32. The number of benzene rings is 1. The second-order valence-electron chi connectivity index (χ2n) is 7.43. The Morgan fingerprint density at radius 2 is 1.97 bits per heavy atom. The minimum atomic E-state index is -0.503. The number of nitrogens with zero attached hydrogens (tertiary/aromatic N) is 7. The largest absolute Gasteiger partial charge is 0.465 e. The standard InChI is InChI=1S/C21H17N7O4S/c1-11-8-15(28(30)31)24-26(11)9-13-4-6-14(7-5-13)18-23-19-16-12(2)17(21(29)32-3)33-20(16)22-10-27(19)25-18/h4-8,10H,9H2,1-3H3. The lowest BCUT2D eigenvalue weighted by molar-refractivity contribution is -0.389. The smallest absolute Gasteiger partial charge is 0.390 e. The fraction of sp³-hybridized carbons (Fsp3) is 0.190. The maximum atomic E-state index is 12.1. The van der Waals surface area contributed by atoms with Gasteiger partial charge < -0.3 is 14.9 Å². The Morgan fingerprint density at radius 3 is 2.64 bits per heavy atom. The molecule has 33 heavy (non-hydrogen) atoms. The molecular formula is C21H17N7O4S. The molecule has 0 fully saturated rings. The Morgan fingerprint density at radius 1 is 1.21 bits per heavy atom. The van der Waals surface area contributed by atoms with Gasteiger partial charge in [0.15, 0.2) is 11.5 Å². The van der Waals surface area contributed by atoms with Gasteiger partial charge in [-0.2, -0.15) is 4.68 Å². The minimum absolute atomic E-state index is 0.169. The van der Waals surface area contributed by atoms with E-state index >= 15 is 0 Å². The summed E-state index contributed by atoms with van der Waals surface area (Å²) in [5.74, 6) is -0.0503. The van der Waals surface area contributed by atoms with Crippen LogP contribution in [0.4, 0.5) is 5.82 Å². The monoisotopic (exact) mass is 463 g/mol. The number of aromatic nitrogens is 6. The number of hydrogen-bond donors (Lipinski definition) is 0. The number of hydrogen-bond acceptors (Lipinski definition) is 9. The molecule has 0 aliphatic rings. The summed E-state index contributed by atoms with van der Waals surface area (Å²) in [5, 5.41) is 20.3. The molecule has 0 radical (unpaired) electrons. The van der Waals surface area contributed by atoms with Gasteiger partial charge >= 0.3 is 11.8 Å². The number of ether oxygens (including phenoxy) is 1. The number of fused-ring (bicyclic) bond motifs is 3. The van der Waals surface area contributed by atoms with Gasteiger partial charge in [0, 0.05) is 5.56 Å². The summed E-state index contributed by atoms with van der Waals surface area (Å²) in [6, 6.07) is 9.05. The van der Waals surface area contributed by atoms with Gasteiger partial charge in [-0.25, -0.2) is 19.3 Å². The summed E-state index contributed by atoms with van der Waals surface area (Å²) in [6.07, 6.45) is 1.58. The van der Waals surface area contributed by atoms with E-state index in [9.17, 15) is 14.9 Å². The third-order valence-electron chi connectivity index (χ3n) is 5.34. The maximum Gasteiger partial charge on any atom is 0.390 e. The first kappa shape index (κ1) is 20.7. The number of esters is 1. The number of nitro groups is 1. The van der Waals surface area contributed by atoms with E-state index < -0.39 is 10.9 Å². The summed E-state index contributed by atoms with van der Waals surface area (Å²) in [6.45, 7) is 4.03. The molecule has 0 bridgehead atoms. The summed E-state index contributed by atoms with van der Waals surface area (Å²) in [7, 11) is 1.35. The third-order valence-corrected chi connectivity index (χ3v) is 6.52. The zero-order chi connectivity index (χ0) is 23.3. The van der Waals surface area contributed by atoms with E-state index in [4.69, 9.17) is 9.72 Å². The van der Waals surface area contributed by atoms with Crippen molar-refractivity contribution in [2.24, 2.45) is 0 Å². The van der Waals surface area contributed by atoms with Crippen molar-refractivity contribution in [1.82, 2.24) is 29.4 Å². The van der Waals surface area contributed by atoms with Crippen molar-refractivity contribution in [2.75, 3.05) is 7.11 Å². The lowest BCUT2D eigenvalue weighted by Crippen LogP contribution is -2.04. The molecule has 0 saturated heterocycles. The first-order valence-corrected chi connectivity index (χ1v) is 10.7. The van der Waals surface area contributed by atoms with Crippen LogP contribution in [0.15, 0.2) is 36.7 Å². The van der Waals surface area contributed by atoms with Crippen LogP contribution < -0.4 is 0 Å². The van der Waals surface area contributed by atoms with Crippen LogP contribution in [0.5, 0.6) is 0 Å². The summed E-state index contributed by atoms with van der Waals surface area (Å²) in [4.78, 5) is 32.8. The van der Waals surface area contributed by atoms with E-state index in [1.807, 2.05) is 31.2 Å². The number of thiophene rings is 1. The van der Waals surface area contributed by atoms with Gasteiger partial charge in [0.1, 0.15) is 16.0 Å². The van der Waals surface area contributed by atoms with Gasteiger partial charge in [-0.1, -0.05) is 24.3 Å². The predicted octanol–water partition coefficient (Wildman–Crippen LogP) is 3.56. The second-order valence-corrected chi connectivity index (χ2v) is 8.43. The molecule has 0 spiro atoms. The van der Waals surface area contributed by atoms with Crippen LogP contribution in [0.25, 0.3) is 27.3 Å². The van der Waals surface area contributed by atoms with Crippen LogP contribution in [0.1, 0.15) is 26.5 Å². The molecule has 0 N–H and O–H groups in total. The molecule has 0 saturated carbocycles. The first-order valence-electron chi connectivity index (χ1n) is 9.86. The van der Waals surface area contributed by atoms with Gasteiger partial charge in [0.05, 0.1) is 35.9 Å². The van der Waals surface area contributed by atoms with Crippen LogP contribution in [-0.4, -0.2) is 47.4 Å². The van der Waals surface area contributed by atoms with E-state index in [1.165, 1.54) is 24.5 Å². The molecule has 4 aromatic heterocycles. The predicted molar refractivity (Wildman–Crippen MR) is 120 cm³/mol. The zero-order valence-corrected chi connectivity index (χ0v) is 18.7. The van der Waals surface area contributed by atoms with Gasteiger partial charge in [-0.3, -0.25) is 0 Å². The summed E-state index contributed by atoms with van der Waals surface area (Å²) in [5.41, 5.74) is 3.83. The average Bonchev–Trinajstić information content (AvgIpc) is 3.49. The van der Waals surface area contributed by atoms with E-state index in [0.717, 1.165) is 22.1 Å². The number of methoxy groups -OCH3 is 1. The molecule has 0 aliphatic carbocycles. The van der Waals surface area contributed by atoms with Gasteiger partial charge in [-0.15, -0.1) is 16.4 Å². The molecular weight excluding hydrogens is 446 g/mol. The van der Waals surface area contributed by atoms with E-state index in [0.29, 0.717) is 33.4 Å². The lowest BCUT2D eigenvalue weighted by Gasteiger charge is -2.02. The van der Waals surface area contributed by atoms with Crippen molar-refractivity contribution in [2.45, 2.75) is 20.4 Å². The molecule has 0 amide bonds. The highest BCUT2D eigenvalue weighted by Gasteiger charge is 2.21. The van der Waals surface area contributed by atoms with Gasteiger partial charge in [0.2, 0.25) is 0 Å². The Balaban J connectivity index is 1.48.